The lowest BCUT2D eigenvalue weighted by Crippen LogP contribution is -1.93. The van der Waals surface area contributed by atoms with Crippen molar-refractivity contribution in [1.82, 2.24) is 0 Å². The molecule has 0 aliphatic heterocycles. The lowest BCUT2D eigenvalue weighted by molar-refractivity contribution is 0.712. The topological polar surface area (TPSA) is 26.0 Å². The number of rotatable bonds is 5. The maximum atomic E-state index is 5.45. The minimum atomic E-state index is 0.604. The Kier molecular flexibility index (Phi) is 7.12. The summed E-state index contributed by atoms with van der Waals surface area (Å²) in [6.45, 7) is 4.80. The first kappa shape index (κ1) is 14.7. The molecule has 18 heavy (non-hydrogen) atoms. The van der Waals surface area contributed by atoms with Gasteiger partial charge in [0.15, 0.2) is 0 Å². The highest BCUT2D eigenvalue weighted by molar-refractivity contribution is 5.31. The van der Waals surface area contributed by atoms with Crippen molar-refractivity contribution in [2.24, 2.45) is 5.73 Å². The monoisotopic (exact) mass is 243 g/mol. The fraction of sp³-hybridized carbons (Fsp3) is 0.412. The van der Waals surface area contributed by atoms with Crippen LogP contribution in [-0.4, -0.2) is 6.54 Å². The van der Waals surface area contributed by atoms with E-state index in [4.69, 9.17) is 5.73 Å². The molecule has 0 spiro atoms. The molecular formula is C17H25N. The largest absolute Gasteiger partial charge is 0.327 e. The first-order valence-electron chi connectivity index (χ1n) is 6.81. The highest BCUT2D eigenvalue weighted by atomic mass is 14.5. The molecule has 98 valence electrons. The quantitative estimate of drug-likeness (QED) is 0.709. The molecule has 0 heterocycles. The summed E-state index contributed by atoms with van der Waals surface area (Å²) in [5, 5.41) is 0. The fourth-order valence-corrected chi connectivity index (χ4v) is 1.91. The Balaban J connectivity index is 2.49. The Labute approximate surface area is 111 Å². The Morgan fingerprint density at radius 1 is 1.22 bits per heavy atom. The summed E-state index contributed by atoms with van der Waals surface area (Å²) in [6, 6.07) is 0. The molecule has 0 amide bonds. The minimum absolute atomic E-state index is 0.604. The summed E-state index contributed by atoms with van der Waals surface area (Å²) in [5.74, 6) is 0. The molecule has 1 aliphatic carbocycles. The summed E-state index contributed by atoms with van der Waals surface area (Å²) in [6.07, 6.45) is 20.3. The standard InChI is InChI=1S/C17H25N/c1-15(7-6-8-16(2)13-14-18)11-12-17-9-4-3-5-10-17/h6-9,11-13H,3-5,10,14,18H2,1-2H3/b8-6+,12-11+,15-7+,16-13+. The summed E-state index contributed by atoms with van der Waals surface area (Å²) in [7, 11) is 0. The van der Waals surface area contributed by atoms with E-state index in [9.17, 15) is 0 Å². The zero-order chi connectivity index (χ0) is 13.2. The van der Waals surface area contributed by atoms with E-state index in [2.05, 4.69) is 50.3 Å². The van der Waals surface area contributed by atoms with Crippen molar-refractivity contribution in [3.8, 4) is 0 Å². The van der Waals surface area contributed by atoms with Gasteiger partial charge in [0.2, 0.25) is 0 Å². The van der Waals surface area contributed by atoms with Gasteiger partial charge in [-0.15, -0.1) is 0 Å². The Hall–Kier alpha value is -1.34. The van der Waals surface area contributed by atoms with Crippen molar-refractivity contribution in [2.75, 3.05) is 6.54 Å². The average Bonchev–Trinajstić information content (AvgIpc) is 2.38. The molecular weight excluding hydrogens is 218 g/mol. The number of allylic oxidation sites excluding steroid dienone is 9. The molecule has 1 rings (SSSR count). The van der Waals surface area contributed by atoms with E-state index in [-0.39, 0.29) is 0 Å². The molecule has 0 radical (unpaired) electrons. The smallest absolute Gasteiger partial charge is 0.0112 e. The second-order valence-corrected chi connectivity index (χ2v) is 4.81. The number of nitrogens with two attached hydrogens (primary N) is 1. The predicted octanol–water partition coefficient (Wildman–Crippen LogP) is 4.45. The van der Waals surface area contributed by atoms with Crippen molar-refractivity contribution in [2.45, 2.75) is 39.5 Å². The number of hydrogen-bond acceptors (Lipinski definition) is 1. The highest BCUT2D eigenvalue weighted by Gasteiger charge is 1.98. The van der Waals surface area contributed by atoms with Gasteiger partial charge in [0, 0.05) is 6.54 Å². The van der Waals surface area contributed by atoms with E-state index in [1.54, 1.807) is 0 Å². The van der Waals surface area contributed by atoms with Crippen LogP contribution in [0, 0.1) is 0 Å². The van der Waals surface area contributed by atoms with Crippen LogP contribution in [0.5, 0.6) is 0 Å². The third-order valence-corrected chi connectivity index (χ3v) is 3.04. The zero-order valence-electron chi connectivity index (χ0n) is 11.7. The van der Waals surface area contributed by atoms with Gasteiger partial charge in [-0.3, -0.25) is 0 Å². The van der Waals surface area contributed by atoms with Crippen LogP contribution in [0.2, 0.25) is 0 Å². The number of hydrogen-bond donors (Lipinski definition) is 1. The molecule has 0 unspecified atom stereocenters. The van der Waals surface area contributed by atoms with E-state index >= 15 is 0 Å². The van der Waals surface area contributed by atoms with Crippen LogP contribution in [0.25, 0.3) is 0 Å². The first-order chi connectivity index (χ1) is 8.72. The molecule has 0 aromatic rings. The molecule has 1 nitrogen and oxygen atoms in total. The van der Waals surface area contributed by atoms with E-state index in [0.717, 1.165) is 0 Å². The molecule has 0 atom stereocenters. The Morgan fingerprint density at radius 2 is 2.06 bits per heavy atom. The van der Waals surface area contributed by atoms with Crippen molar-refractivity contribution in [3.05, 3.63) is 59.3 Å². The predicted molar refractivity (Wildman–Crippen MR) is 81.4 cm³/mol. The molecule has 0 aromatic heterocycles. The maximum Gasteiger partial charge on any atom is 0.0112 e. The van der Waals surface area contributed by atoms with Gasteiger partial charge in [-0.25, -0.2) is 0 Å². The normalized spacial score (nSPS) is 18.7. The second kappa shape index (κ2) is 8.71. The van der Waals surface area contributed by atoms with E-state index < -0.39 is 0 Å². The van der Waals surface area contributed by atoms with Gasteiger partial charge in [-0.2, -0.15) is 0 Å². The van der Waals surface area contributed by atoms with Crippen LogP contribution >= 0.6 is 0 Å². The fourth-order valence-electron chi connectivity index (χ4n) is 1.91. The van der Waals surface area contributed by atoms with Crippen LogP contribution in [0.3, 0.4) is 0 Å². The summed E-state index contributed by atoms with van der Waals surface area (Å²) >= 11 is 0. The molecule has 0 saturated heterocycles. The molecule has 0 bridgehead atoms. The van der Waals surface area contributed by atoms with Crippen LogP contribution in [0.1, 0.15) is 39.5 Å². The van der Waals surface area contributed by atoms with E-state index in [1.165, 1.54) is 42.4 Å². The molecule has 0 fully saturated rings. The zero-order valence-corrected chi connectivity index (χ0v) is 11.7. The Bertz CT molecular complexity index is 392. The van der Waals surface area contributed by atoms with Crippen LogP contribution < -0.4 is 5.73 Å². The van der Waals surface area contributed by atoms with Gasteiger partial charge < -0.3 is 5.73 Å². The van der Waals surface area contributed by atoms with Gasteiger partial charge in [-0.05, 0) is 39.5 Å². The van der Waals surface area contributed by atoms with Crippen molar-refractivity contribution in [1.29, 1.82) is 0 Å². The third-order valence-electron chi connectivity index (χ3n) is 3.04. The van der Waals surface area contributed by atoms with Crippen LogP contribution in [0.15, 0.2) is 59.3 Å². The highest BCUT2D eigenvalue weighted by Crippen LogP contribution is 2.18. The van der Waals surface area contributed by atoms with Gasteiger partial charge in [-0.1, -0.05) is 59.3 Å². The third kappa shape index (κ3) is 6.41. The summed E-state index contributed by atoms with van der Waals surface area (Å²) in [5.41, 5.74) is 9.42. The SMILES string of the molecule is CC(/C=C/C1=CCCCC1)=C\C=C\C(C)=C\CN. The molecule has 2 N–H and O–H groups in total. The lowest BCUT2D eigenvalue weighted by atomic mass is 9.99. The maximum absolute atomic E-state index is 5.45. The summed E-state index contributed by atoms with van der Waals surface area (Å²) < 4.78 is 0. The molecule has 0 saturated carbocycles. The Morgan fingerprint density at radius 3 is 2.72 bits per heavy atom. The van der Waals surface area contributed by atoms with Gasteiger partial charge >= 0.3 is 0 Å². The van der Waals surface area contributed by atoms with E-state index in [1.807, 2.05) is 6.08 Å². The summed E-state index contributed by atoms with van der Waals surface area (Å²) in [4.78, 5) is 0. The van der Waals surface area contributed by atoms with Gasteiger partial charge in [0.05, 0.1) is 0 Å². The minimum Gasteiger partial charge on any atom is -0.327 e. The lowest BCUT2D eigenvalue weighted by Gasteiger charge is -2.07. The molecule has 1 aliphatic rings. The van der Waals surface area contributed by atoms with Crippen LogP contribution in [0.4, 0.5) is 0 Å². The van der Waals surface area contributed by atoms with Gasteiger partial charge in [0.25, 0.3) is 0 Å². The second-order valence-electron chi connectivity index (χ2n) is 4.81. The van der Waals surface area contributed by atoms with Crippen molar-refractivity contribution in [3.63, 3.8) is 0 Å². The first-order valence-corrected chi connectivity index (χ1v) is 6.81. The van der Waals surface area contributed by atoms with Crippen molar-refractivity contribution < 1.29 is 0 Å². The van der Waals surface area contributed by atoms with Crippen molar-refractivity contribution >= 4 is 0 Å². The van der Waals surface area contributed by atoms with Gasteiger partial charge in [0.1, 0.15) is 0 Å². The van der Waals surface area contributed by atoms with E-state index in [0.29, 0.717) is 6.54 Å². The van der Waals surface area contributed by atoms with Crippen LogP contribution in [-0.2, 0) is 0 Å². The average molecular weight is 243 g/mol. The molecule has 0 aromatic carbocycles. The molecule has 1 heteroatoms.